The second-order valence-electron chi connectivity index (χ2n) is 8.40. The molecule has 3 N–H and O–H groups in total. The molecule has 2 aromatic heterocycles. The summed E-state index contributed by atoms with van der Waals surface area (Å²) in [6.45, 7) is 1.74. The number of imidazole rings is 1. The molecule has 2 aromatic carbocycles. The van der Waals surface area contributed by atoms with Crippen molar-refractivity contribution in [2.45, 2.75) is 20.1 Å². The van der Waals surface area contributed by atoms with Gasteiger partial charge in [0.1, 0.15) is 12.2 Å². The Balaban J connectivity index is 1.34. The molecule has 0 radical (unpaired) electrons. The van der Waals surface area contributed by atoms with Gasteiger partial charge in [-0.05, 0) is 24.1 Å². The number of thioether (sulfide) groups is 1. The number of nitrogens with two attached hydrogens (primary N) is 1. The molecule has 206 valence electrons. The lowest BCUT2D eigenvalue weighted by atomic mass is 10.1. The maximum Gasteiger partial charge on any atom is 0.356 e. The Bertz CT molecular complexity index is 1550. The van der Waals surface area contributed by atoms with Crippen molar-refractivity contribution in [3.8, 4) is 0 Å². The van der Waals surface area contributed by atoms with Crippen LogP contribution in [0.3, 0.4) is 0 Å². The topological polar surface area (TPSA) is 151 Å². The molecule has 1 atom stereocenters. The molecule has 0 bridgehead atoms. The summed E-state index contributed by atoms with van der Waals surface area (Å²) in [7, 11) is -3.80. The second-order valence-corrected chi connectivity index (χ2v) is 11.5. The molecule has 0 aliphatic carbocycles. The number of carbonyl (C=O) groups is 1. The summed E-state index contributed by atoms with van der Waals surface area (Å²) in [5.74, 6) is -0.208. The molecule has 0 amide bonds. The lowest BCUT2D eigenvalue weighted by Crippen LogP contribution is -2.13. The summed E-state index contributed by atoms with van der Waals surface area (Å²) in [5, 5.41) is -0.137. The van der Waals surface area contributed by atoms with Crippen molar-refractivity contribution in [2.75, 3.05) is 31.0 Å². The molecule has 0 saturated carbocycles. The number of carbonyl (C=O) groups excluding carboxylic acids is 1. The van der Waals surface area contributed by atoms with Crippen LogP contribution in [0, 0.1) is 12.7 Å². The van der Waals surface area contributed by atoms with E-state index in [0.29, 0.717) is 16.7 Å². The number of benzene rings is 2. The number of hydrogen-bond acceptors (Lipinski definition) is 10. The highest BCUT2D eigenvalue weighted by Crippen LogP contribution is 2.49. The zero-order valence-electron chi connectivity index (χ0n) is 21.0. The monoisotopic (exact) mass is 575 g/mol. The number of hydrogen-bond donors (Lipinski definition) is 2. The summed E-state index contributed by atoms with van der Waals surface area (Å²) >= 11 is 1.03. The summed E-state index contributed by atoms with van der Waals surface area (Å²) in [6.07, 6.45) is 1.04. The van der Waals surface area contributed by atoms with Gasteiger partial charge in [-0.3, -0.25) is 19.1 Å². The highest BCUT2D eigenvalue weighted by molar-refractivity contribution is 8.14. The molecule has 4 aromatic rings. The lowest BCUT2D eigenvalue weighted by molar-refractivity contribution is 0.108. The number of aromatic nitrogens is 4. The Hall–Kier alpha value is -3.35. The summed E-state index contributed by atoms with van der Waals surface area (Å²) in [4.78, 5) is 34.7. The van der Waals surface area contributed by atoms with Gasteiger partial charge in [-0.15, -0.1) is 0 Å². The van der Waals surface area contributed by atoms with Crippen LogP contribution in [0.2, 0.25) is 0 Å². The van der Waals surface area contributed by atoms with Gasteiger partial charge in [0.05, 0.1) is 26.1 Å². The number of aryl methyl sites for hydroxylation is 1. The van der Waals surface area contributed by atoms with Crippen molar-refractivity contribution in [3.05, 3.63) is 87.7 Å². The number of nitrogen functional groups attached to an aromatic ring is 1. The van der Waals surface area contributed by atoms with Crippen molar-refractivity contribution in [1.82, 2.24) is 19.5 Å². The first-order chi connectivity index (χ1) is 18.7. The van der Waals surface area contributed by atoms with Crippen LogP contribution in [0.15, 0.2) is 59.7 Å². The van der Waals surface area contributed by atoms with E-state index in [2.05, 4.69) is 15.0 Å². The maximum atomic E-state index is 14.0. The first kappa shape index (κ1) is 28.7. The highest BCUT2D eigenvalue weighted by Gasteiger charge is 2.26. The third-order valence-electron chi connectivity index (χ3n) is 5.50. The number of anilines is 1. The third kappa shape index (κ3) is 7.84. The van der Waals surface area contributed by atoms with Gasteiger partial charge in [0.15, 0.2) is 11.2 Å². The average Bonchev–Trinajstić information content (AvgIpc) is 3.33. The van der Waals surface area contributed by atoms with Crippen molar-refractivity contribution in [2.24, 2.45) is 0 Å². The van der Waals surface area contributed by atoms with Gasteiger partial charge in [-0.25, -0.2) is 9.37 Å². The minimum absolute atomic E-state index is 0.0374. The standard InChI is InChI=1S/C25H27FN5O6PS/c1-17-7-8-18(13-20(17)26)14-37-38(34,36-11-12-39-24(33)19-5-3-2-4-6-19)16-35-10-9-31-15-28-21-22(31)29-25(27)30-23(21)32/h2-8,13,15H,9-12,14,16H2,1H3,(H3,27,29,30,32). The van der Waals surface area contributed by atoms with Gasteiger partial charge >= 0.3 is 7.60 Å². The van der Waals surface area contributed by atoms with Crippen LogP contribution in [0.1, 0.15) is 21.5 Å². The number of aromatic amines is 1. The summed E-state index contributed by atoms with van der Waals surface area (Å²) in [6, 6.07) is 13.4. The van der Waals surface area contributed by atoms with Crippen LogP contribution in [-0.2, 0) is 31.5 Å². The lowest BCUT2D eigenvalue weighted by Gasteiger charge is -2.19. The van der Waals surface area contributed by atoms with Crippen LogP contribution in [0.4, 0.5) is 10.3 Å². The Labute approximate surface area is 227 Å². The quantitative estimate of drug-likeness (QED) is 0.176. The average molecular weight is 576 g/mol. The van der Waals surface area contributed by atoms with E-state index in [9.17, 15) is 18.5 Å². The van der Waals surface area contributed by atoms with Gasteiger partial charge in [0.25, 0.3) is 5.56 Å². The fraction of sp³-hybridized carbons (Fsp3) is 0.280. The zero-order valence-corrected chi connectivity index (χ0v) is 22.8. The summed E-state index contributed by atoms with van der Waals surface area (Å²) < 4.78 is 45.8. The van der Waals surface area contributed by atoms with Gasteiger partial charge in [0, 0.05) is 17.9 Å². The molecule has 0 saturated heterocycles. The van der Waals surface area contributed by atoms with Gasteiger partial charge in [0.2, 0.25) is 11.1 Å². The first-order valence-electron chi connectivity index (χ1n) is 11.9. The Kier molecular flexibility index (Phi) is 9.65. The number of rotatable bonds is 13. The molecule has 14 heteroatoms. The molecule has 0 spiro atoms. The first-order valence-corrected chi connectivity index (χ1v) is 14.6. The number of nitrogens with zero attached hydrogens (tertiary/aromatic N) is 3. The second kappa shape index (κ2) is 13.1. The highest BCUT2D eigenvalue weighted by atomic mass is 32.2. The Morgan fingerprint density at radius 3 is 2.74 bits per heavy atom. The molecular weight excluding hydrogens is 548 g/mol. The number of H-pyrrole nitrogens is 1. The molecular formula is C25H27FN5O6PS. The number of nitrogens with one attached hydrogen (secondary N) is 1. The van der Waals surface area contributed by atoms with E-state index in [1.165, 1.54) is 12.4 Å². The van der Waals surface area contributed by atoms with Gasteiger partial charge in [-0.1, -0.05) is 54.2 Å². The largest absolute Gasteiger partial charge is 0.369 e. The van der Waals surface area contributed by atoms with Crippen LogP contribution in [0.5, 0.6) is 0 Å². The zero-order chi connectivity index (χ0) is 27.8. The van der Waals surface area contributed by atoms with Crippen molar-refractivity contribution < 1.29 is 27.5 Å². The minimum Gasteiger partial charge on any atom is -0.369 e. The Morgan fingerprint density at radius 2 is 1.97 bits per heavy atom. The molecule has 39 heavy (non-hydrogen) atoms. The molecule has 11 nitrogen and oxygen atoms in total. The van der Waals surface area contributed by atoms with Crippen LogP contribution < -0.4 is 11.3 Å². The van der Waals surface area contributed by atoms with Crippen molar-refractivity contribution in [1.29, 1.82) is 0 Å². The fourth-order valence-corrected chi connectivity index (χ4v) is 5.52. The molecule has 2 heterocycles. The van der Waals surface area contributed by atoms with Crippen molar-refractivity contribution in [3.63, 3.8) is 0 Å². The van der Waals surface area contributed by atoms with Crippen LogP contribution >= 0.6 is 19.4 Å². The molecule has 4 rings (SSSR count). The molecule has 1 unspecified atom stereocenters. The molecule has 0 aliphatic heterocycles. The van der Waals surface area contributed by atoms with Gasteiger partial charge < -0.3 is 24.1 Å². The van der Waals surface area contributed by atoms with Crippen LogP contribution in [-0.4, -0.2) is 49.9 Å². The normalized spacial score (nSPS) is 13.0. The van der Waals surface area contributed by atoms with E-state index in [1.807, 2.05) is 6.07 Å². The smallest absolute Gasteiger partial charge is 0.356 e. The van der Waals surface area contributed by atoms with Crippen LogP contribution in [0.25, 0.3) is 11.2 Å². The minimum atomic E-state index is -3.80. The SMILES string of the molecule is Cc1ccc(COP(=O)(COCCn2cnc3c(=O)[nH]c(N)nc32)OCCSC(=O)c2ccccc2)cc1F. The number of fused-ring (bicyclic) bond motifs is 1. The van der Waals surface area contributed by atoms with E-state index in [4.69, 9.17) is 19.5 Å². The van der Waals surface area contributed by atoms with E-state index in [0.717, 1.165) is 11.8 Å². The summed E-state index contributed by atoms with van der Waals surface area (Å²) in [5.41, 5.74) is 7.09. The predicted molar refractivity (Wildman–Crippen MR) is 146 cm³/mol. The van der Waals surface area contributed by atoms with Crippen molar-refractivity contribution >= 4 is 41.6 Å². The van der Waals surface area contributed by atoms with E-state index < -0.39 is 19.0 Å². The number of halogens is 1. The fourth-order valence-electron chi connectivity index (χ4n) is 3.45. The Morgan fingerprint density at radius 1 is 1.18 bits per heavy atom. The molecule has 0 aliphatic rings. The number of ether oxygens (including phenoxy) is 1. The van der Waals surface area contributed by atoms with E-state index in [-0.39, 0.29) is 60.7 Å². The predicted octanol–water partition coefficient (Wildman–Crippen LogP) is 4.12. The van der Waals surface area contributed by atoms with E-state index >= 15 is 0 Å². The maximum absolute atomic E-state index is 14.0. The third-order valence-corrected chi connectivity index (χ3v) is 7.96. The van der Waals surface area contributed by atoms with Gasteiger partial charge in [-0.2, -0.15) is 4.98 Å². The molecule has 0 fully saturated rings. The van der Waals surface area contributed by atoms with E-state index in [1.54, 1.807) is 47.9 Å².